The second-order valence-electron chi connectivity index (χ2n) is 17.2. The number of nitrogens with one attached hydrogen (secondary N) is 3. The quantitative estimate of drug-likeness (QED) is 0.132. The summed E-state index contributed by atoms with van der Waals surface area (Å²) in [4.78, 5) is 58.9. The number of methoxy groups -OCH3 is 1. The second-order valence-corrected chi connectivity index (χ2v) is 17.2. The van der Waals surface area contributed by atoms with E-state index in [0.29, 0.717) is 18.4 Å². The van der Waals surface area contributed by atoms with Crippen molar-refractivity contribution in [2.45, 2.75) is 84.3 Å². The molecule has 11 heteroatoms. The van der Waals surface area contributed by atoms with Crippen LogP contribution in [0.4, 0.5) is 4.79 Å². The predicted octanol–water partition coefficient (Wildman–Crippen LogP) is 8.54. The molecule has 58 heavy (non-hydrogen) atoms. The average Bonchev–Trinajstić information content (AvgIpc) is 4.10. The van der Waals surface area contributed by atoms with Gasteiger partial charge in [0.15, 0.2) is 0 Å². The number of imidazole rings is 1. The number of allylic oxidation sites excluding steroid dienone is 1. The van der Waals surface area contributed by atoms with Crippen LogP contribution in [0.2, 0.25) is 0 Å². The maximum absolute atomic E-state index is 14.0. The highest BCUT2D eigenvalue weighted by Gasteiger charge is 2.53. The average molecular weight is 782 g/mol. The van der Waals surface area contributed by atoms with E-state index in [1.54, 1.807) is 6.20 Å². The zero-order valence-corrected chi connectivity index (χ0v) is 34.2. The topological polar surface area (TPSA) is 142 Å². The number of aromatic nitrogens is 3. The van der Waals surface area contributed by atoms with Crippen LogP contribution in [0.25, 0.3) is 28.0 Å². The summed E-state index contributed by atoms with van der Waals surface area (Å²) in [5.74, 6) is 2.02. The minimum atomic E-state index is -0.675. The number of carbonyl (C=O) groups is 3. The van der Waals surface area contributed by atoms with E-state index < -0.39 is 12.1 Å². The highest BCUT2D eigenvalue weighted by atomic mass is 16.5. The second kappa shape index (κ2) is 16.7. The molecular weight excluding hydrogens is 727 g/mol. The van der Waals surface area contributed by atoms with E-state index in [9.17, 15) is 14.4 Å². The Morgan fingerprint density at radius 3 is 2.22 bits per heavy atom. The van der Waals surface area contributed by atoms with E-state index in [1.807, 2.05) is 43.4 Å². The minimum Gasteiger partial charge on any atom is -0.453 e. The van der Waals surface area contributed by atoms with Crippen LogP contribution in [0.3, 0.4) is 0 Å². The molecule has 3 N–H and O–H groups in total. The molecule has 3 fully saturated rings. The number of hydrogen-bond acceptors (Lipinski definition) is 7. The van der Waals surface area contributed by atoms with E-state index in [2.05, 4.69) is 89.0 Å². The van der Waals surface area contributed by atoms with Crippen LogP contribution in [0.1, 0.15) is 95.3 Å². The number of likely N-dealkylation sites (tertiary alicyclic amines) is 1. The van der Waals surface area contributed by atoms with Crippen LogP contribution in [-0.2, 0) is 14.3 Å². The molecule has 8 rings (SSSR count). The number of aromatic amines is 1. The lowest BCUT2D eigenvalue weighted by atomic mass is 9.74. The van der Waals surface area contributed by atoms with Crippen molar-refractivity contribution in [1.29, 1.82) is 0 Å². The number of fused-ring (bicyclic) bond motifs is 2. The van der Waals surface area contributed by atoms with Crippen molar-refractivity contribution >= 4 is 29.2 Å². The number of pyridine rings is 1. The number of carbonyl (C=O) groups excluding carboxylic acids is 3. The Morgan fingerprint density at radius 1 is 0.845 bits per heavy atom. The van der Waals surface area contributed by atoms with Gasteiger partial charge in [0.1, 0.15) is 11.9 Å². The van der Waals surface area contributed by atoms with Crippen LogP contribution in [0, 0.1) is 35.5 Å². The third-order valence-corrected chi connectivity index (χ3v) is 13.0. The third-order valence-electron chi connectivity index (χ3n) is 13.0. The van der Waals surface area contributed by atoms with Crippen molar-refractivity contribution in [3.8, 4) is 22.4 Å². The fourth-order valence-corrected chi connectivity index (χ4v) is 9.98. The number of H-pyrrole nitrogens is 1. The lowest BCUT2D eigenvalue weighted by molar-refractivity contribution is -0.135. The van der Waals surface area contributed by atoms with E-state index in [-0.39, 0.29) is 47.6 Å². The molecular formula is C47H55N7O4. The molecule has 2 aromatic carbocycles. The van der Waals surface area contributed by atoms with Gasteiger partial charge in [0.05, 0.1) is 31.1 Å². The standard InChI is InChI=1S/C47H55N7O4/c1-27(2)42(35-8-6-20-48-24-35)52-45(55)41-34-19-18-33(22-34)40(41)37-23-36(25-49-37)31-12-10-29(11-13-31)30-14-16-32(17-15-30)38-26-50-44(51-38)39-9-7-21-54(39)46(56)43(28(3)4)53-47(57)58-5/h6,8,10-17,20,24-28,33-34,39-43H,7,9,18-19,21-23H2,1-5H3,(H,50,51)(H,52,55)(H,53,57)/t33?,34?,39-,40-,41+,42?,43-/m0/s1. The molecule has 3 amide bonds. The van der Waals surface area contributed by atoms with Crippen molar-refractivity contribution in [2.24, 2.45) is 40.5 Å². The van der Waals surface area contributed by atoms with E-state index in [4.69, 9.17) is 14.7 Å². The molecule has 2 aromatic heterocycles. The summed E-state index contributed by atoms with van der Waals surface area (Å²) in [5.41, 5.74) is 8.70. The Bertz CT molecular complexity index is 2180. The molecule has 0 spiro atoms. The maximum atomic E-state index is 14.0. The Kier molecular flexibility index (Phi) is 11.3. The van der Waals surface area contributed by atoms with Crippen molar-refractivity contribution in [3.63, 3.8) is 0 Å². The van der Waals surface area contributed by atoms with Gasteiger partial charge in [-0.25, -0.2) is 9.78 Å². The van der Waals surface area contributed by atoms with Gasteiger partial charge in [-0.2, -0.15) is 0 Å². The third kappa shape index (κ3) is 7.83. The van der Waals surface area contributed by atoms with Crippen molar-refractivity contribution < 1.29 is 19.1 Å². The van der Waals surface area contributed by atoms with E-state index >= 15 is 0 Å². The van der Waals surface area contributed by atoms with Gasteiger partial charge in [-0.15, -0.1) is 0 Å². The van der Waals surface area contributed by atoms with E-state index in [1.165, 1.54) is 19.1 Å². The van der Waals surface area contributed by atoms with Crippen LogP contribution < -0.4 is 10.6 Å². The highest BCUT2D eigenvalue weighted by Crippen LogP contribution is 2.54. The fraction of sp³-hybridized carbons (Fsp3) is 0.447. The smallest absolute Gasteiger partial charge is 0.407 e. The summed E-state index contributed by atoms with van der Waals surface area (Å²) < 4.78 is 4.77. The van der Waals surface area contributed by atoms with Gasteiger partial charge in [-0.1, -0.05) is 82.3 Å². The molecule has 3 unspecified atom stereocenters. The number of alkyl carbamates (subject to hydrolysis) is 1. The molecule has 2 aliphatic carbocycles. The summed E-state index contributed by atoms with van der Waals surface area (Å²) in [7, 11) is 1.30. The fourth-order valence-electron chi connectivity index (χ4n) is 9.98. The van der Waals surface area contributed by atoms with Gasteiger partial charge in [0.2, 0.25) is 11.8 Å². The SMILES string of the molecule is COC(=O)N[C@H](C(=O)N1CCC[C@H]1c1ncc(-c2ccc(-c3ccc(C4=CN=C([C@@H]5C6CCC(C6)[C@H]5C(=O)NC(c5cccnc5)C(C)C)C4)cc3)cc2)[nH]1)C(C)C. The molecule has 7 atom stereocenters. The van der Waals surface area contributed by atoms with Gasteiger partial charge < -0.3 is 25.3 Å². The lowest BCUT2D eigenvalue weighted by Crippen LogP contribution is -2.51. The largest absolute Gasteiger partial charge is 0.453 e. The number of amides is 3. The normalized spacial score (nSPS) is 23.5. The van der Waals surface area contributed by atoms with Crippen LogP contribution >= 0.6 is 0 Å². The number of ether oxygens (including phenoxy) is 1. The zero-order valence-electron chi connectivity index (χ0n) is 34.2. The summed E-state index contributed by atoms with van der Waals surface area (Å²) in [6, 6.07) is 20.2. The van der Waals surface area contributed by atoms with Gasteiger partial charge in [0.25, 0.3) is 0 Å². The molecule has 2 aliphatic heterocycles. The summed E-state index contributed by atoms with van der Waals surface area (Å²) in [6.45, 7) is 8.74. The summed E-state index contributed by atoms with van der Waals surface area (Å²) >= 11 is 0. The number of rotatable bonds is 12. The number of hydrogen-bond donors (Lipinski definition) is 3. The molecule has 4 aromatic rings. The lowest BCUT2D eigenvalue weighted by Gasteiger charge is -2.33. The zero-order chi connectivity index (χ0) is 40.5. The minimum absolute atomic E-state index is 0.0391. The molecule has 4 aliphatic rings. The highest BCUT2D eigenvalue weighted by molar-refractivity contribution is 6.02. The summed E-state index contributed by atoms with van der Waals surface area (Å²) in [6.07, 6.45) is 12.7. The molecule has 2 bridgehead atoms. The molecule has 2 saturated carbocycles. The van der Waals surface area contributed by atoms with Crippen LogP contribution in [0.5, 0.6) is 0 Å². The van der Waals surface area contributed by atoms with Crippen molar-refractivity contribution in [2.75, 3.05) is 13.7 Å². The molecule has 302 valence electrons. The predicted molar refractivity (Wildman–Crippen MR) is 225 cm³/mol. The van der Waals surface area contributed by atoms with Gasteiger partial charge >= 0.3 is 6.09 Å². The van der Waals surface area contributed by atoms with Crippen molar-refractivity contribution in [3.05, 3.63) is 102 Å². The van der Waals surface area contributed by atoms with Crippen LogP contribution in [-0.4, -0.2) is 63.2 Å². The number of benzene rings is 2. The summed E-state index contributed by atoms with van der Waals surface area (Å²) in [5, 5.41) is 6.15. The first-order chi connectivity index (χ1) is 28.1. The van der Waals surface area contributed by atoms with Crippen LogP contribution in [0.15, 0.2) is 90.4 Å². The Morgan fingerprint density at radius 2 is 1.55 bits per heavy atom. The van der Waals surface area contributed by atoms with Gasteiger partial charge in [-0.05, 0) is 95.2 Å². The maximum Gasteiger partial charge on any atom is 0.407 e. The van der Waals surface area contributed by atoms with Gasteiger partial charge in [-0.3, -0.25) is 19.6 Å². The molecule has 1 saturated heterocycles. The monoisotopic (exact) mass is 781 g/mol. The van der Waals surface area contributed by atoms with Crippen molar-refractivity contribution in [1.82, 2.24) is 30.5 Å². The molecule has 11 nitrogen and oxygen atoms in total. The Hall–Kier alpha value is -5.58. The van der Waals surface area contributed by atoms with E-state index in [0.717, 1.165) is 77.2 Å². The molecule has 4 heterocycles. The number of aliphatic imine (C=N–C) groups is 1. The first-order valence-electron chi connectivity index (χ1n) is 21.0. The van der Waals surface area contributed by atoms with Gasteiger partial charge in [0, 0.05) is 49.1 Å². The Balaban J connectivity index is 0.898. The molecule has 0 radical (unpaired) electrons. The first-order valence-corrected chi connectivity index (χ1v) is 21.0. The first kappa shape index (κ1) is 39.3. The Labute approximate surface area is 341 Å². The number of nitrogens with zero attached hydrogens (tertiary/aromatic N) is 4.